The normalized spacial score (nSPS) is 13.8. The topological polar surface area (TPSA) is 61.4 Å². The van der Waals surface area contributed by atoms with E-state index >= 15 is 0 Å². The second-order valence-corrected chi connectivity index (χ2v) is 9.30. The van der Waals surface area contributed by atoms with Crippen LogP contribution in [-0.2, 0) is 11.2 Å². The SMILES string of the molecule is CCc1cccc(NC(=O)CSc2nccnc2N2CCN(c3cc(C)ccc3C)CC2)c1. The van der Waals surface area contributed by atoms with E-state index in [0.29, 0.717) is 5.75 Å². The highest BCUT2D eigenvalue weighted by Crippen LogP contribution is 2.29. The lowest BCUT2D eigenvalue weighted by Gasteiger charge is -2.37. The molecule has 172 valence electrons. The summed E-state index contributed by atoms with van der Waals surface area (Å²) in [6.07, 6.45) is 4.37. The Bertz CT molecular complexity index is 1110. The molecule has 1 aromatic heterocycles. The van der Waals surface area contributed by atoms with Crippen LogP contribution < -0.4 is 15.1 Å². The zero-order chi connectivity index (χ0) is 23.2. The number of amides is 1. The Labute approximate surface area is 200 Å². The summed E-state index contributed by atoms with van der Waals surface area (Å²) in [4.78, 5) is 26.4. The number of nitrogens with one attached hydrogen (secondary N) is 1. The molecule has 6 nitrogen and oxygen atoms in total. The van der Waals surface area contributed by atoms with Crippen LogP contribution in [0.5, 0.6) is 0 Å². The Morgan fingerprint density at radius 2 is 1.76 bits per heavy atom. The molecular formula is C26H31N5OS. The molecule has 7 heteroatoms. The number of piperazine rings is 1. The average Bonchev–Trinajstić information content (AvgIpc) is 2.85. The van der Waals surface area contributed by atoms with Gasteiger partial charge in [-0.1, -0.05) is 43.0 Å². The van der Waals surface area contributed by atoms with Crippen LogP contribution in [0.25, 0.3) is 0 Å². The number of anilines is 3. The lowest BCUT2D eigenvalue weighted by molar-refractivity contribution is -0.113. The molecule has 2 heterocycles. The van der Waals surface area contributed by atoms with E-state index in [-0.39, 0.29) is 5.91 Å². The highest BCUT2D eigenvalue weighted by atomic mass is 32.2. The summed E-state index contributed by atoms with van der Waals surface area (Å²) in [6, 6.07) is 14.6. The molecule has 0 radical (unpaired) electrons. The van der Waals surface area contributed by atoms with Crippen LogP contribution in [0.2, 0.25) is 0 Å². The molecule has 1 saturated heterocycles. The average molecular weight is 462 g/mol. The third kappa shape index (κ3) is 5.85. The molecule has 1 N–H and O–H groups in total. The standard InChI is InChI=1S/C26H31N5OS/c1-4-21-6-5-7-22(17-21)29-24(32)18-33-26-25(27-10-11-28-26)31-14-12-30(13-15-31)23-16-19(2)8-9-20(23)3/h5-11,16-17H,4,12-15,18H2,1-3H3,(H,29,32). The summed E-state index contributed by atoms with van der Waals surface area (Å²) >= 11 is 1.44. The Balaban J connectivity index is 1.37. The third-order valence-electron chi connectivity index (χ3n) is 5.89. The summed E-state index contributed by atoms with van der Waals surface area (Å²) in [5.41, 5.74) is 5.94. The molecule has 1 aliphatic rings. The second-order valence-electron chi connectivity index (χ2n) is 8.34. The molecule has 3 aromatic rings. The van der Waals surface area contributed by atoms with E-state index in [1.807, 2.05) is 18.2 Å². The van der Waals surface area contributed by atoms with Crippen molar-refractivity contribution >= 4 is 34.9 Å². The van der Waals surface area contributed by atoms with Crippen molar-refractivity contribution in [3.8, 4) is 0 Å². The number of aromatic nitrogens is 2. The van der Waals surface area contributed by atoms with Crippen LogP contribution in [0.4, 0.5) is 17.2 Å². The van der Waals surface area contributed by atoms with E-state index in [1.165, 1.54) is 34.1 Å². The zero-order valence-electron chi connectivity index (χ0n) is 19.5. The molecule has 0 unspecified atom stereocenters. The quantitative estimate of drug-likeness (QED) is 0.514. The van der Waals surface area contributed by atoms with Gasteiger partial charge in [0.1, 0.15) is 5.03 Å². The molecule has 0 saturated carbocycles. The molecule has 0 aliphatic carbocycles. The lowest BCUT2D eigenvalue weighted by Crippen LogP contribution is -2.47. The first-order chi connectivity index (χ1) is 16.0. The summed E-state index contributed by atoms with van der Waals surface area (Å²) < 4.78 is 0. The van der Waals surface area contributed by atoms with E-state index in [4.69, 9.17) is 0 Å². The molecule has 0 bridgehead atoms. The number of hydrogen-bond donors (Lipinski definition) is 1. The fraction of sp³-hybridized carbons (Fsp3) is 0.346. The van der Waals surface area contributed by atoms with Gasteiger partial charge in [0, 0.05) is 49.9 Å². The van der Waals surface area contributed by atoms with Gasteiger partial charge in [0.05, 0.1) is 5.75 Å². The number of carbonyl (C=O) groups is 1. The largest absolute Gasteiger partial charge is 0.368 e. The number of hydrogen-bond acceptors (Lipinski definition) is 6. The number of rotatable bonds is 7. The van der Waals surface area contributed by atoms with E-state index in [0.717, 1.165) is 49.1 Å². The molecule has 1 fully saturated rings. The minimum Gasteiger partial charge on any atom is -0.368 e. The van der Waals surface area contributed by atoms with Gasteiger partial charge in [0.15, 0.2) is 5.82 Å². The van der Waals surface area contributed by atoms with Gasteiger partial charge in [0.2, 0.25) is 5.91 Å². The summed E-state index contributed by atoms with van der Waals surface area (Å²) in [6.45, 7) is 10.0. The molecule has 0 spiro atoms. The Hall–Kier alpha value is -3.06. The molecule has 0 atom stereocenters. The number of thioether (sulfide) groups is 1. The van der Waals surface area contributed by atoms with Crippen molar-refractivity contribution in [2.45, 2.75) is 32.2 Å². The highest BCUT2D eigenvalue weighted by Gasteiger charge is 2.22. The number of benzene rings is 2. The Kier molecular flexibility index (Phi) is 7.50. The lowest BCUT2D eigenvalue weighted by atomic mass is 10.1. The molecule has 33 heavy (non-hydrogen) atoms. The van der Waals surface area contributed by atoms with E-state index in [9.17, 15) is 4.79 Å². The first kappa shape index (κ1) is 23.1. The number of nitrogens with zero attached hydrogens (tertiary/aromatic N) is 4. The van der Waals surface area contributed by atoms with E-state index in [1.54, 1.807) is 12.4 Å². The van der Waals surface area contributed by atoms with Crippen LogP contribution >= 0.6 is 11.8 Å². The maximum absolute atomic E-state index is 12.5. The monoisotopic (exact) mass is 461 g/mol. The van der Waals surface area contributed by atoms with Crippen molar-refractivity contribution in [1.29, 1.82) is 0 Å². The van der Waals surface area contributed by atoms with Crippen LogP contribution in [0.15, 0.2) is 59.9 Å². The van der Waals surface area contributed by atoms with Gasteiger partial charge >= 0.3 is 0 Å². The van der Waals surface area contributed by atoms with Crippen molar-refractivity contribution < 1.29 is 4.79 Å². The predicted octanol–water partition coefficient (Wildman–Crippen LogP) is 4.71. The van der Waals surface area contributed by atoms with Gasteiger partial charge in [-0.05, 0) is 55.2 Å². The van der Waals surface area contributed by atoms with Gasteiger partial charge in [-0.15, -0.1) is 0 Å². The maximum Gasteiger partial charge on any atom is 0.234 e. The van der Waals surface area contributed by atoms with Gasteiger partial charge in [0.25, 0.3) is 0 Å². The highest BCUT2D eigenvalue weighted by molar-refractivity contribution is 8.00. The van der Waals surface area contributed by atoms with Gasteiger partial charge in [-0.25, -0.2) is 9.97 Å². The first-order valence-corrected chi connectivity index (χ1v) is 12.4. The van der Waals surface area contributed by atoms with E-state index in [2.05, 4.69) is 70.1 Å². The van der Waals surface area contributed by atoms with E-state index < -0.39 is 0 Å². The van der Waals surface area contributed by atoms with Crippen molar-refractivity contribution in [2.24, 2.45) is 0 Å². The van der Waals surface area contributed by atoms with Crippen molar-refractivity contribution in [2.75, 3.05) is 47.0 Å². The number of carbonyl (C=O) groups excluding carboxylic acids is 1. The summed E-state index contributed by atoms with van der Waals surface area (Å²) in [5, 5.41) is 3.79. The van der Waals surface area contributed by atoms with Crippen molar-refractivity contribution in [1.82, 2.24) is 9.97 Å². The van der Waals surface area contributed by atoms with Gasteiger partial charge in [-0.2, -0.15) is 0 Å². The van der Waals surface area contributed by atoms with Crippen LogP contribution in [0, 0.1) is 13.8 Å². The van der Waals surface area contributed by atoms with Crippen molar-refractivity contribution in [3.05, 3.63) is 71.5 Å². The fourth-order valence-corrected chi connectivity index (χ4v) is 4.84. The summed E-state index contributed by atoms with van der Waals surface area (Å²) in [7, 11) is 0. The maximum atomic E-state index is 12.5. The molecular weight excluding hydrogens is 430 g/mol. The van der Waals surface area contributed by atoms with Gasteiger partial charge < -0.3 is 15.1 Å². The predicted molar refractivity (Wildman–Crippen MR) is 138 cm³/mol. The molecule has 2 aromatic carbocycles. The molecule has 4 rings (SSSR count). The van der Waals surface area contributed by atoms with Crippen LogP contribution in [0.3, 0.4) is 0 Å². The fourth-order valence-electron chi connectivity index (χ4n) is 4.06. The second kappa shape index (κ2) is 10.7. The molecule has 1 aliphatic heterocycles. The summed E-state index contributed by atoms with van der Waals surface area (Å²) in [5.74, 6) is 1.12. The first-order valence-electron chi connectivity index (χ1n) is 11.4. The third-order valence-corrected chi connectivity index (χ3v) is 6.86. The van der Waals surface area contributed by atoms with Crippen molar-refractivity contribution in [3.63, 3.8) is 0 Å². The minimum absolute atomic E-state index is 0.0374. The smallest absolute Gasteiger partial charge is 0.234 e. The Morgan fingerprint density at radius 1 is 1.00 bits per heavy atom. The molecule has 1 amide bonds. The van der Waals surface area contributed by atoms with Crippen LogP contribution in [-0.4, -0.2) is 47.8 Å². The minimum atomic E-state index is -0.0374. The van der Waals surface area contributed by atoms with Crippen LogP contribution in [0.1, 0.15) is 23.6 Å². The van der Waals surface area contributed by atoms with Gasteiger partial charge in [-0.3, -0.25) is 4.79 Å². The Morgan fingerprint density at radius 3 is 2.55 bits per heavy atom. The zero-order valence-corrected chi connectivity index (χ0v) is 20.4. The number of aryl methyl sites for hydroxylation is 3.